The second-order valence-electron chi connectivity index (χ2n) is 18.9. The number of nitrogens with zero attached hydrogens (tertiary/aromatic N) is 1. The summed E-state index contributed by atoms with van der Waals surface area (Å²) in [6, 6.07) is -0.884. The van der Waals surface area contributed by atoms with Crippen LogP contribution in [0.15, 0.2) is 36.5 Å². The van der Waals surface area contributed by atoms with Crippen LogP contribution in [-0.4, -0.2) is 68.5 Å². The van der Waals surface area contributed by atoms with Crippen LogP contribution in [0, 0.1) is 0 Å². The molecule has 61 heavy (non-hydrogen) atoms. The zero-order valence-corrected chi connectivity index (χ0v) is 41.8. The van der Waals surface area contributed by atoms with Gasteiger partial charge < -0.3 is 28.8 Å². The topological polar surface area (TPSA) is 108 Å². The quantitative estimate of drug-likeness (QED) is 0.0273. The van der Waals surface area contributed by atoms with Crippen molar-refractivity contribution in [1.82, 2.24) is 5.32 Å². The minimum absolute atomic E-state index is 0.000975. The van der Waals surface area contributed by atoms with Gasteiger partial charge in [-0.05, 0) is 51.4 Å². The number of aliphatic hydroxyl groups is 1. The fraction of sp³-hybridized carbons (Fsp3) is 0.865. The van der Waals surface area contributed by atoms with Crippen molar-refractivity contribution < 1.29 is 32.9 Å². The fourth-order valence-corrected chi connectivity index (χ4v) is 8.20. The van der Waals surface area contributed by atoms with Gasteiger partial charge in [0.2, 0.25) is 5.91 Å². The van der Waals surface area contributed by atoms with Crippen LogP contribution in [0.25, 0.3) is 0 Å². The molecule has 3 unspecified atom stereocenters. The highest BCUT2D eigenvalue weighted by Gasteiger charge is 2.23. The summed E-state index contributed by atoms with van der Waals surface area (Å²) in [6.07, 6.45) is 55.1. The zero-order valence-electron chi connectivity index (χ0n) is 40.9. The third-order valence-corrected chi connectivity index (χ3v) is 12.6. The van der Waals surface area contributed by atoms with Gasteiger partial charge in [-0.3, -0.25) is 9.36 Å². The zero-order chi connectivity index (χ0) is 45.0. The Hall–Kier alpha value is -1.28. The van der Waals surface area contributed by atoms with Crippen LogP contribution < -0.4 is 10.2 Å². The Labute approximate surface area is 378 Å². The first kappa shape index (κ1) is 59.7. The third-order valence-electron chi connectivity index (χ3n) is 11.6. The van der Waals surface area contributed by atoms with Crippen molar-refractivity contribution in [1.29, 1.82) is 0 Å². The summed E-state index contributed by atoms with van der Waals surface area (Å²) in [6.45, 7) is 4.63. The molecular weight excluding hydrogens is 780 g/mol. The van der Waals surface area contributed by atoms with Crippen LogP contribution >= 0.6 is 7.82 Å². The molecule has 0 aliphatic heterocycles. The molecule has 0 heterocycles. The summed E-state index contributed by atoms with van der Waals surface area (Å²) in [7, 11) is 1.26. The Morgan fingerprint density at radius 1 is 0.574 bits per heavy atom. The molecule has 0 aromatic carbocycles. The number of carbonyl (C=O) groups excluding carboxylic acids is 1. The van der Waals surface area contributed by atoms with E-state index in [1.165, 1.54) is 173 Å². The normalized spacial score (nSPS) is 14.4. The van der Waals surface area contributed by atoms with E-state index >= 15 is 0 Å². The van der Waals surface area contributed by atoms with E-state index in [2.05, 4.69) is 43.5 Å². The van der Waals surface area contributed by atoms with Gasteiger partial charge >= 0.3 is 0 Å². The summed E-state index contributed by atoms with van der Waals surface area (Å²) >= 11 is 0. The third kappa shape index (κ3) is 46.5. The number of quaternary nitrogens is 1. The van der Waals surface area contributed by atoms with Crippen molar-refractivity contribution in [3.05, 3.63) is 36.5 Å². The molecule has 0 fully saturated rings. The number of allylic oxidation sites excluding steroid dienone is 5. The molecule has 0 rings (SSSR count). The summed E-state index contributed by atoms with van der Waals surface area (Å²) in [5.74, 6) is -0.199. The first-order valence-electron chi connectivity index (χ1n) is 25.9. The largest absolute Gasteiger partial charge is 0.756 e. The maximum atomic E-state index is 12.9. The Morgan fingerprint density at radius 3 is 1.36 bits per heavy atom. The number of likely N-dealkylation sites (N-methyl/N-ethyl adjacent to an activating group) is 1. The molecule has 9 heteroatoms. The van der Waals surface area contributed by atoms with E-state index < -0.39 is 20.0 Å². The van der Waals surface area contributed by atoms with Gasteiger partial charge in [0.25, 0.3) is 7.82 Å². The van der Waals surface area contributed by atoms with Crippen molar-refractivity contribution in [2.75, 3.05) is 40.9 Å². The van der Waals surface area contributed by atoms with Crippen LogP contribution in [-0.2, 0) is 18.4 Å². The van der Waals surface area contributed by atoms with Crippen LogP contribution in [0.1, 0.15) is 239 Å². The number of aliphatic hydroxyl groups excluding tert-OH is 1. The van der Waals surface area contributed by atoms with Gasteiger partial charge in [-0.1, -0.05) is 217 Å². The van der Waals surface area contributed by atoms with Crippen LogP contribution in [0.3, 0.4) is 0 Å². The van der Waals surface area contributed by atoms with Crippen LogP contribution in [0.2, 0.25) is 0 Å². The van der Waals surface area contributed by atoms with Crippen molar-refractivity contribution in [2.45, 2.75) is 251 Å². The molecule has 0 saturated carbocycles. The average Bonchev–Trinajstić information content (AvgIpc) is 3.21. The van der Waals surface area contributed by atoms with E-state index in [1.54, 1.807) is 6.08 Å². The van der Waals surface area contributed by atoms with E-state index in [-0.39, 0.29) is 19.1 Å². The lowest BCUT2D eigenvalue weighted by Crippen LogP contribution is -2.45. The number of rotatable bonds is 47. The summed E-state index contributed by atoms with van der Waals surface area (Å²) in [4.78, 5) is 25.3. The molecule has 0 radical (unpaired) electrons. The molecule has 0 aromatic rings. The first-order valence-corrected chi connectivity index (χ1v) is 27.3. The van der Waals surface area contributed by atoms with E-state index in [0.29, 0.717) is 17.4 Å². The predicted molar refractivity (Wildman–Crippen MR) is 261 cm³/mol. The van der Waals surface area contributed by atoms with E-state index in [9.17, 15) is 19.4 Å². The van der Waals surface area contributed by atoms with E-state index in [0.717, 1.165) is 44.9 Å². The Balaban J connectivity index is 4.06. The Kier molecular flexibility index (Phi) is 43.0. The molecule has 0 saturated heterocycles. The van der Waals surface area contributed by atoms with Crippen LogP contribution in [0.4, 0.5) is 0 Å². The lowest BCUT2D eigenvalue weighted by Gasteiger charge is -2.29. The highest BCUT2D eigenvalue weighted by molar-refractivity contribution is 7.45. The Morgan fingerprint density at radius 2 is 0.951 bits per heavy atom. The first-order chi connectivity index (χ1) is 29.5. The van der Waals surface area contributed by atoms with Gasteiger partial charge in [-0.2, -0.15) is 0 Å². The predicted octanol–water partition coefficient (Wildman–Crippen LogP) is 14.4. The molecule has 2 N–H and O–H groups in total. The molecule has 8 nitrogen and oxygen atoms in total. The minimum atomic E-state index is -4.58. The summed E-state index contributed by atoms with van der Waals surface area (Å²) in [5, 5.41) is 13.8. The van der Waals surface area contributed by atoms with Crippen molar-refractivity contribution >= 4 is 13.7 Å². The molecule has 0 aliphatic carbocycles. The molecule has 0 aliphatic rings. The SMILES string of the molecule is CCCCCCCCCC/C=C/C(O)C(COP(=O)([O-])OCC[N+](C)(C)C)NC(=O)CCCCCCCCCCCCCCC/C=C\C/C=C\CCCCCCCCCCC. The smallest absolute Gasteiger partial charge is 0.268 e. The van der Waals surface area contributed by atoms with Crippen molar-refractivity contribution in [2.24, 2.45) is 0 Å². The highest BCUT2D eigenvalue weighted by Crippen LogP contribution is 2.38. The van der Waals surface area contributed by atoms with Gasteiger partial charge in [0, 0.05) is 6.42 Å². The number of amides is 1. The van der Waals surface area contributed by atoms with Crippen LogP contribution in [0.5, 0.6) is 0 Å². The maximum Gasteiger partial charge on any atom is 0.268 e. The summed E-state index contributed by atoms with van der Waals surface area (Å²) in [5.41, 5.74) is 0. The number of hydrogen-bond acceptors (Lipinski definition) is 6. The highest BCUT2D eigenvalue weighted by atomic mass is 31.2. The standard InChI is InChI=1S/C52H101N2O6P/c1-6-8-10-12-14-16-18-19-20-21-22-23-24-25-26-27-28-29-30-31-32-33-34-35-36-38-40-42-44-46-52(56)53-50(49-60-61(57,58)59-48-47-54(3,4)5)51(55)45-43-41-39-37-17-15-13-11-9-7-2/h22-23,25-26,43,45,50-51,55H,6-21,24,27-42,44,46-49H2,1-5H3,(H-,53,56,57,58)/b23-22-,26-25-,45-43+. The lowest BCUT2D eigenvalue weighted by molar-refractivity contribution is -0.870. The number of phosphoric ester groups is 1. The molecule has 3 atom stereocenters. The molecule has 0 spiro atoms. The maximum absolute atomic E-state index is 12.9. The lowest BCUT2D eigenvalue weighted by atomic mass is 10.0. The second-order valence-corrected chi connectivity index (χ2v) is 20.3. The number of hydrogen-bond donors (Lipinski definition) is 2. The van der Waals surface area contributed by atoms with Gasteiger partial charge in [0.05, 0.1) is 39.9 Å². The van der Waals surface area contributed by atoms with Gasteiger partial charge in [0.15, 0.2) is 0 Å². The number of unbranched alkanes of at least 4 members (excludes halogenated alkanes) is 30. The Bertz CT molecular complexity index is 1090. The van der Waals surface area contributed by atoms with Gasteiger partial charge in [-0.25, -0.2) is 0 Å². The van der Waals surface area contributed by atoms with Crippen molar-refractivity contribution in [3.63, 3.8) is 0 Å². The molecule has 0 aromatic heterocycles. The molecule has 1 amide bonds. The summed E-state index contributed by atoms with van der Waals surface area (Å²) < 4.78 is 23.2. The number of phosphoric acid groups is 1. The van der Waals surface area contributed by atoms with Gasteiger partial charge in [0.1, 0.15) is 13.2 Å². The molecule has 0 bridgehead atoms. The number of nitrogens with one attached hydrogen (secondary N) is 1. The fourth-order valence-electron chi connectivity index (χ4n) is 7.48. The van der Waals surface area contributed by atoms with E-state index in [4.69, 9.17) is 9.05 Å². The monoisotopic (exact) mass is 881 g/mol. The molecular formula is C52H101N2O6P. The van der Waals surface area contributed by atoms with Gasteiger partial charge in [-0.15, -0.1) is 0 Å². The average molecular weight is 881 g/mol. The minimum Gasteiger partial charge on any atom is -0.756 e. The van der Waals surface area contributed by atoms with Crippen molar-refractivity contribution in [3.8, 4) is 0 Å². The van der Waals surface area contributed by atoms with E-state index in [1.807, 2.05) is 27.2 Å². The number of carbonyl (C=O) groups is 1. The molecule has 360 valence electrons. The second kappa shape index (κ2) is 43.9.